The molecule has 0 saturated carbocycles. The molecule has 2 rings (SSSR count). The number of fused-ring (bicyclic) bond motifs is 1. The van der Waals surface area contributed by atoms with Crippen LogP contribution in [0.1, 0.15) is 21.7 Å². The molecule has 0 bridgehead atoms. The first-order valence-electron chi connectivity index (χ1n) is 4.58. The molecule has 0 unspecified atom stereocenters. The van der Waals surface area contributed by atoms with E-state index in [4.69, 9.17) is 5.21 Å². The SMILES string of the molecule is O=C(NO)c1ccc2c(n1)CN(S)CC2. The lowest BCUT2D eigenvalue weighted by atomic mass is 10.1. The highest BCUT2D eigenvalue weighted by Gasteiger charge is 2.17. The lowest BCUT2D eigenvalue weighted by Gasteiger charge is -2.22. The van der Waals surface area contributed by atoms with Gasteiger partial charge in [0.05, 0.1) is 12.2 Å². The standard InChI is InChI=1S/C9H11N3O2S/c13-9(11-14)7-2-1-6-3-4-12(15)5-8(6)10-7/h1-2,14-15H,3-5H2,(H,11,13). The van der Waals surface area contributed by atoms with Crippen LogP contribution in [0.5, 0.6) is 0 Å². The van der Waals surface area contributed by atoms with Gasteiger partial charge in [-0.3, -0.25) is 10.0 Å². The lowest BCUT2D eigenvalue weighted by Crippen LogP contribution is -2.26. The van der Waals surface area contributed by atoms with Gasteiger partial charge in [0.2, 0.25) is 0 Å². The number of thiol groups is 1. The number of rotatable bonds is 1. The highest BCUT2D eigenvalue weighted by atomic mass is 32.1. The van der Waals surface area contributed by atoms with Crippen molar-refractivity contribution in [3.05, 3.63) is 29.1 Å². The van der Waals surface area contributed by atoms with Crippen LogP contribution in [0.25, 0.3) is 0 Å². The lowest BCUT2D eigenvalue weighted by molar-refractivity contribution is 0.0700. The second kappa shape index (κ2) is 4.18. The van der Waals surface area contributed by atoms with E-state index in [2.05, 4.69) is 17.8 Å². The van der Waals surface area contributed by atoms with Gasteiger partial charge >= 0.3 is 0 Å². The molecule has 80 valence electrons. The summed E-state index contributed by atoms with van der Waals surface area (Å²) in [5, 5.41) is 8.48. The maximum Gasteiger partial charge on any atom is 0.293 e. The Labute approximate surface area is 92.6 Å². The number of aromatic nitrogens is 1. The van der Waals surface area contributed by atoms with Crippen LogP contribution in [0, 0.1) is 0 Å². The molecule has 1 aliphatic heterocycles. The molecule has 0 aliphatic carbocycles. The van der Waals surface area contributed by atoms with Gasteiger partial charge in [-0.25, -0.2) is 14.8 Å². The summed E-state index contributed by atoms with van der Waals surface area (Å²) in [4.78, 5) is 15.3. The van der Waals surface area contributed by atoms with Crippen molar-refractivity contribution in [1.82, 2.24) is 14.8 Å². The molecule has 0 saturated heterocycles. The van der Waals surface area contributed by atoms with Gasteiger partial charge in [-0.1, -0.05) is 18.9 Å². The summed E-state index contributed by atoms with van der Waals surface area (Å²) in [6.45, 7) is 1.49. The minimum absolute atomic E-state index is 0.222. The van der Waals surface area contributed by atoms with Crippen LogP contribution in [0.2, 0.25) is 0 Å². The summed E-state index contributed by atoms with van der Waals surface area (Å²) in [6, 6.07) is 3.48. The average Bonchev–Trinajstić information content (AvgIpc) is 2.27. The highest BCUT2D eigenvalue weighted by molar-refractivity contribution is 7.77. The van der Waals surface area contributed by atoms with Crippen molar-refractivity contribution >= 4 is 18.7 Å². The second-order valence-electron chi connectivity index (χ2n) is 3.38. The molecule has 2 heterocycles. The number of amides is 1. The van der Waals surface area contributed by atoms with Crippen molar-refractivity contribution in [2.24, 2.45) is 0 Å². The third-order valence-electron chi connectivity index (χ3n) is 2.37. The summed E-state index contributed by atoms with van der Waals surface area (Å²) in [5.41, 5.74) is 3.77. The predicted octanol–water partition coefficient (Wildman–Crippen LogP) is 0.404. The van der Waals surface area contributed by atoms with Crippen LogP contribution in [0.15, 0.2) is 12.1 Å². The highest BCUT2D eigenvalue weighted by Crippen LogP contribution is 2.18. The fourth-order valence-corrected chi connectivity index (χ4v) is 1.81. The molecule has 2 N–H and O–H groups in total. The molecule has 1 aromatic rings. The molecular formula is C9H11N3O2S. The molecule has 0 radical (unpaired) electrons. The number of hydroxylamine groups is 1. The molecule has 5 nitrogen and oxygen atoms in total. The van der Waals surface area contributed by atoms with E-state index in [1.54, 1.807) is 11.5 Å². The van der Waals surface area contributed by atoms with E-state index in [0.29, 0.717) is 6.54 Å². The first kappa shape index (κ1) is 10.4. The number of nitrogens with zero attached hydrogens (tertiary/aromatic N) is 2. The molecule has 15 heavy (non-hydrogen) atoms. The Morgan fingerprint density at radius 2 is 2.40 bits per heavy atom. The number of hydrogen-bond donors (Lipinski definition) is 3. The van der Waals surface area contributed by atoms with E-state index in [1.807, 2.05) is 10.4 Å². The second-order valence-corrected chi connectivity index (χ2v) is 3.95. The third kappa shape index (κ3) is 2.11. The molecule has 1 amide bonds. The van der Waals surface area contributed by atoms with E-state index in [9.17, 15) is 4.79 Å². The maximum atomic E-state index is 11.1. The van der Waals surface area contributed by atoms with Gasteiger partial charge in [0.1, 0.15) is 5.69 Å². The summed E-state index contributed by atoms with van der Waals surface area (Å²) in [6.07, 6.45) is 0.882. The van der Waals surface area contributed by atoms with E-state index in [-0.39, 0.29) is 5.69 Å². The largest absolute Gasteiger partial charge is 0.293 e. The zero-order chi connectivity index (χ0) is 10.8. The smallest absolute Gasteiger partial charge is 0.288 e. The molecular weight excluding hydrogens is 214 g/mol. The number of nitrogens with one attached hydrogen (secondary N) is 1. The zero-order valence-corrected chi connectivity index (χ0v) is 8.87. The molecule has 0 spiro atoms. The number of hydrogen-bond acceptors (Lipinski definition) is 5. The van der Waals surface area contributed by atoms with Crippen molar-refractivity contribution in [2.45, 2.75) is 13.0 Å². The van der Waals surface area contributed by atoms with E-state index >= 15 is 0 Å². The number of carbonyl (C=O) groups excluding carboxylic acids is 1. The van der Waals surface area contributed by atoms with Crippen LogP contribution in [-0.2, 0) is 13.0 Å². The van der Waals surface area contributed by atoms with Gasteiger partial charge < -0.3 is 0 Å². The van der Waals surface area contributed by atoms with Crippen molar-refractivity contribution in [1.29, 1.82) is 0 Å². The molecule has 1 aromatic heterocycles. The summed E-state index contributed by atoms with van der Waals surface area (Å²) < 4.78 is 1.84. The Bertz CT molecular complexity index is 397. The van der Waals surface area contributed by atoms with Crippen LogP contribution in [0.3, 0.4) is 0 Å². The Balaban J connectivity index is 2.32. The predicted molar refractivity (Wildman–Crippen MR) is 56.6 cm³/mol. The molecule has 0 atom stereocenters. The van der Waals surface area contributed by atoms with Crippen molar-refractivity contribution in [3.63, 3.8) is 0 Å². The van der Waals surface area contributed by atoms with Gasteiger partial charge in [0.15, 0.2) is 0 Å². The fraction of sp³-hybridized carbons (Fsp3) is 0.333. The van der Waals surface area contributed by atoms with Crippen LogP contribution in [0.4, 0.5) is 0 Å². The van der Waals surface area contributed by atoms with Crippen molar-refractivity contribution in [2.75, 3.05) is 6.54 Å². The average molecular weight is 225 g/mol. The summed E-state index contributed by atoms with van der Waals surface area (Å²) >= 11 is 4.24. The van der Waals surface area contributed by atoms with Crippen molar-refractivity contribution in [3.8, 4) is 0 Å². The number of pyridine rings is 1. The summed E-state index contributed by atoms with van der Waals surface area (Å²) in [7, 11) is 0. The first-order chi connectivity index (χ1) is 7.20. The molecule has 1 aliphatic rings. The Morgan fingerprint density at radius 3 is 3.13 bits per heavy atom. The topological polar surface area (TPSA) is 65.5 Å². The van der Waals surface area contributed by atoms with E-state index in [1.165, 1.54) is 0 Å². The Morgan fingerprint density at radius 1 is 1.60 bits per heavy atom. The van der Waals surface area contributed by atoms with Crippen LogP contribution >= 0.6 is 12.8 Å². The Hall–Kier alpha value is -1.11. The molecule has 0 fully saturated rings. The Kier molecular flexibility index (Phi) is 2.90. The van der Waals surface area contributed by atoms with Crippen LogP contribution in [-0.4, -0.2) is 26.9 Å². The van der Waals surface area contributed by atoms with Crippen molar-refractivity contribution < 1.29 is 10.0 Å². The number of carbonyl (C=O) groups is 1. The minimum atomic E-state index is -0.589. The quantitative estimate of drug-likeness (QED) is 0.368. The molecule has 0 aromatic carbocycles. The van der Waals surface area contributed by atoms with E-state index < -0.39 is 5.91 Å². The normalized spacial score (nSPS) is 15.9. The van der Waals surface area contributed by atoms with Gasteiger partial charge in [0, 0.05) is 6.54 Å². The minimum Gasteiger partial charge on any atom is -0.288 e. The summed E-state index contributed by atoms with van der Waals surface area (Å²) in [5.74, 6) is -0.589. The van der Waals surface area contributed by atoms with Gasteiger partial charge in [-0.05, 0) is 18.1 Å². The van der Waals surface area contributed by atoms with Gasteiger partial charge in [-0.2, -0.15) is 0 Å². The van der Waals surface area contributed by atoms with Gasteiger partial charge in [-0.15, -0.1) is 0 Å². The zero-order valence-electron chi connectivity index (χ0n) is 7.97. The van der Waals surface area contributed by atoms with E-state index in [0.717, 1.165) is 24.2 Å². The van der Waals surface area contributed by atoms with Gasteiger partial charge in [0.25, 0.3) is 5.91 Å². The molecule has 6 heteroatoms. The maximum absolute atomic E-state index is 11.1. The third-order valence-corrected chi connectivity index (χ3v) is 2.72. The van der Waals surface area contributed by atoms with Crippen LogP contribution < -0.4 is 5.48 Å². The monoisotopic (exact) mass is 225 g/mol. The fourth-order valence-electron chi connectivity index (χ4n) is 1.58. The first-order valence-corrected chi connectivity index (χ1v) is 4.98.